The van der Waals surface area contributed by atoms with E-state index < -0.39 is 54.9 Å². The van der Waals surface area contributed by atoms with E-state index >= 15 is 0 Å². The molecular formula is C10H6F10O3. The molecule has 0 aromatic rings. The van der Waals surface area contributed by atoms with Gasteiger partial charge in [-0.15, -0.1) is 0 Å². The zero-order valence-electron chi connectivity index (χ0n) is 10.6. The van der Waals surface area contributed by atoms with Gasteiger partial charge < -0.3 is 9.47 Å². The van der Waals surface area contributed by atoms with Crippen molar-refractivity contribution in [2.75, 3.05) is 6.61 Å². The predicted octanol–water partition coefficient (Wildman–Crippen LogP) is 4.13. The summed E-state index contributed by atoms with van der Waals surface area (Å²) in [4.78, 5) is 0. The molecule has 0 aromatic carbocycles. The van der Waals surface area contributed by atoms with Crippen LogP contribution in [0.5, 0.6) is 0 Å². The van der Waals surface area contributed by atoms with Crippen LogP contribution in [0.25, 0.3) is 0 Å². The maximum absolute atomic E-state index is 13.7. The van der Waals surface area contributed by atoms with Crippen molar-refractivity contribution >= 4 is 0 Å². The van der Waals surface area contributed by atoms with Crippen molar-refractivity contribution in [2.45, 2.75) is 30.1 Å². The van der Waals surface area contributed by atoms with E-state index in [4.69, 9.17) is 0 Å². The highest BCUT2D eigenvalue weighted by Crippen LogP contribution is 2.49. The number of hydrogen-bond acceptors (Lipinski definition) is 3. The predicted molar refractivity (Wildman–Crippen MR) is 51.1 cm³/mol. The van der Waals surface area contributed by atoms with E-state index in [0.29, 0.717) is 0 Å². The van der Waals surface area contributed by atoms with Crippen molar-refractivity contribution in [2.24, 2.45) is 0 Å². The Morgan fingerprint density at radius 2 is 1.48 bits per heavy atom. The second kappa shape index (κ2) is 5.85. The van der Waals surface area contributed by atoms with Gasteiger partial charge in [0, 0.05) is 0 Å². The molecule has 0 radical (unpaired) electrons. The second-order valence-corrected chi connectivity index (χ2v) is 4.07. The summed E-state index contributed by atoms with van der Waals surface area (Å²) in [6, 6.07) is -3.33. The van der Waals surface area contributed by atoms with E-state index in [-0.39, 0.29) is 0 Å². The SMILES string of the molecule is C=CC(F)(OC(F)(F)C(F)(F)C1CO1)C(F)(F)OC(F)=C(F)F. The Morgan fingerprint density at radius 3 is 1.83 bits per heavy atom. The van der Waals surface area contributed by atoms with Crippen molar-refractivity contribution in [1.29, 1.82) is 0 Å². The highest BCUT2D eigenvalue weighted by Gasteiger charge is 2.73. The van der Waals surface area contributed by atoms with Crippen LogP contribution < -0.4 is 0 Å². The van der Waals surface area contributed by atoms with Crippen LogP contribution in [-0.2, 0) is 14.2 Å². The summed E-state index contributed by atoms with van der Waals surface area (Å²) in [5.41, 5.74) is 0. The molecule has 0 N–H and O–H groups in total. The molecule has 0 bridgehead atoms. The summed E-state index contributed by atoms with van der Waals surface area (Å²) in [7, 11) is 0. The van der Waals surface area contributed by atoms with Gasteiger partial charge in [0.2, 0.25) is 0 Å². The van der Waals surface area contributed by atoms with E-state index in [2.05, 4.69) is 20.8 Å². The molecule has 1 saturated heterocycles. The molecule has 2 atom stereocenters. The first-order chi connectivity index (χ1) is 10.2. The van der Waals surface area contributed by atoms with Crippen LogP contribution in [0.1, 0.15) is 0 Å². The largest absolute Gasteiger partial charge is 0.465 e. The van der Waals surface area contributed by atoms with Crippen molar-refractivity contribution in [3.8, 4) is 0 Å². The second-order valence-electron chi connectivity index (χ2n) is 4.07. The average molecular weight is 364 g/mol. The average Bonchev–Trinajstić information content (AvgIpc) is 3.21. The lowest BCUT2D eigenvalue weighted by atomic mass is 10.2. The van der Waals surface area contributed by atoms with E-state index in [0.717, 1.165) is 0 Å². The lowest BCUT2D eigenvalue weighted by molar-refractivity contribution is -0.453. The molecule has 3 nitrogen and oxygen atoms in total. The first-order valence-electron chi connectivity index (χ1n) is 5.37. The number of epoxide rings is 1. The summed E-state index contributed by atoms with van der Waals surface area (Å²) in [5.74, 6) is -10.5. The van der Waals surface area contributed by atoms with Gasteiger partial charge in [0.1, 0.15) is 0 Å². The number of rotatable bonds is 8. The monoisotopic (exact) mass is 364 g/mol. The van der Waals surface area contributed by atoms with Crippen LogP contribution in [0.4, 0.5) is 43.9 Å². The van der Waals surface area contributed by atoms with Crippen molar-refractivity contribution in [1.82, 2.24) is 0 Å². The molecule has 13 heteroatoms. The van der Waals surface area contributed by atoms with Crippen molar-refractivity contribution in [3.05, 3.63) is 24.7 Å². The van der Waals surface area contributed by atoms with Gasteiger partial charge in [-0.1, -0.05) is 6.58 Å². The van der Waals surface area contributed by atoms with E-state index in [9.17, 15) is 43.9 Å². The topological polar surface area (TPSA) is 31.0 Å². The summed E-state index contributed by atoms with van der Waals surface area (Å²) in [5, 5.41) is 0. The molecule has 2 unspecified atom stereocenters. The fourth-order valence-electron chi connectivity index (χ4n) is 1.14. The molecule has 1 rings (SSSR count). The fourth-order valence-corrected chi connectivity index (χ4v) is 1.14. The van der Waals surface area contributed by atoms with Gasteiger partial charge in [-0.2, -0.15) is 43.9 Å². The Hall–Kier alpha value is -1.50. The summed E-state index contributed by atoms with van der Waals surface area (Å²) >= 11 is 0. The Morgan fingerprint density at radius 1 is 1.00 bits per heavy atom. The van der Waals surface area contributed by atoms with Crippen molar-refractivity contribution < 1.29 is 58.1 Å². The maximum Gasteiger partial charge on any atom is 0.465 e. The minimum absolute atomic E-state index is 0.784. The van der Waals surface area contributed by atoms with Gasteiger partial charge in [-0.05, 0) is 6.08 Å². The Bertz CT molecular complexity index is 497. The molecule has 0 spiro atoms. The molecular weight excluding hydrogens is 358 g/mol. The van der Waals surface area contributed by atoms with Crippen LogP contribution >= 0.6 is 0 Å². The summed E-state index contributed by atoms with van der Waals surface area (Å²) in [6.45, 7) is 1.39. The lowest BCUT2D eigenvalue weighted by Crippen LogP contribution is -2.56. The Kier molecular flexibility index (Phi) is 4.97. The molecule has 0 aliphatic carbocycles. The van der Waals surface area contributed by atoms with E-state index in [1.807, 2.05) is 0 Å². The standard InChI is InChI=1S/C10H6F10O3/c1-2-7(14,9(17,18)22-6(13)5(11)12)23-10(19,20)8(15,16)4-3-21-4/h2,4H,1,3H2. The smallest absolute Gasteiger partial charge is 0.398 e. The molecule has 0 amide bonds. The molecule has 0 saturated carbocycles. The van der Waals surface area contributed by atoms with E-state index in [1.165, 1.54) is 0 Å². The van der Waals surface area contributed by atoms with Crippen LogP contribution in [0, 0.1) is 0 Å². The third kappa shape index (κ3) is 3.71. The fraction of sp³-hybridized carbons (Fsp3) is 0.600. The minimum atomic E-state index is -5.89. The first-order valence-corrected chi connectivity index (χ1v) is 5.37. The van der Waals surface area contributed by atoms with Crippen LogP contribution in [0.3, 0.4) is 0 Å². The van der Waals surface area contributed by atoms with Crippen LogP contribution in [0.15, 0.2) is 24.7 Å². The number of ether oxygens (including phenoxy) is 3. The van der Waals surface area contributed by atoms with Gasteiger partial charge in [-0.3, -0.25) is 4.74 Å². The molecule has 1 aliphatic rings. The van der Waals surface area contributed by atoms with Gasteiger partial charge in [0.05, 0.1) is 6.61 Å². The molecule has 23 heavy (non-hydrogen) atoms. The molecule has 0 aromatic heterocycles. The van der Waals surface area contributed by atoms with Crippen molar-refractivity contribution in [3.63, 3.8) is 0 Å². The molecule has 1 heterocycles. The van der Waals surface area contributed by atoms with Gasteiger partial charge >= 0.3 is 36.1 Å². The minimum Gasteiger partial charge on any atom is -0.398 e. The third-order valence-electron chi connectivity index (χ3n) is 2.43. The van der Waals surface area contributed by atoms with Gasteiger partial charge in [0.15, 0.2) is 6.10 Å². The maximum atomic E-state index is 13.7. The summed E-state index contributed by atoms with van der Waals surface area (Å²) in [6.07, 6.45) is -18.5. The Balaban J connectivity index is 3.08. The quantitative estimate of drug-likeness (QED) is 0.281. The van der Waals surface area contributed by atoms with Crippen LogP contribution in [0.2, 0.25) is 0 Å². The highest BCUT2D eigenvalue weighted by molar-refractivity contribution is 5.01. The zero-order chi connectivity index (χ0) is 18.3. The normalized spacial score (nSPS) is 21.4. The lowest BCUT2D eigenvalue weighted by Gasteiger charge is -2.34. The van der Waals surface area contributed by atoms with Gasteiger partial charge in [0.25, 0.3) is 0 Å². The number of halogens is 10. The number of hydrogen-bond donors (Lipinski definition) is 0. The van der Waals surface area contributed by atoms with E-state index in [1.54, 1.807) is 0 Å². The molecule has 1 aliphatic heterocycles. The van der Waals surface area contributed by atoms with Gasteiger partial charge in [-0.25, -0.2) is 0 Å². The summed E-state index contributed by atoms with van der Waals surface area (Å²) < 4.78 is 138. The molecule has 134 valence electrons. The third-order valence-corrected chi connectivity index (χ3v) is 2.43. The van der Waals surface area contributed by atoms with Crippen LogP contribution in [-0.4, -0.2) is 36.7 Å². The highest BCUT2D eigenvalue weighted by atomic mass is 19.3. The molecule has 1 fully saturated rings. The zero-order valence-corrected chi connectivity index (χ0v) is 10.6. The number of alkyl halides is 7. The Labute approximate surface area is 121 Å². The first kappa shape index (κ1) is 19.5.